The van der Waals surface area contributed by atoms with E-state index < -0.39 is 20.7 Å². The molecule has 2 aromatic carbocycles. The second kappa shape index (κ2) is 6.59. The van der Waals surface area contributed by atoms with Gasteiger partial charge >= 0.3 is 0 Å². The van der Waals surface area contributed by atoms with Crippen LogP contribution in [0.3, 0.4) is 0 Å². The quantitative estimate of drug-likeness (QED) is 0.830. The highest BCUT2D eigenvalue weighted by atomic mass is 32.2. The smallest absolute Gasteiger partial charge is 0.225 e. The van der Waals surface area contributed by atoms with Gasteiger partial charge < -0.3 is 0 Å². The van der Waals surface area contributed by atoms with Crippen molar-refractivity contribution < 1.29 is 17.2 Å². The van der Waals surface area contributed by atoms with Crippen molar-refractivity contribution >= 4 is 32.7 Å². The lowest BCUT2D eigenvalue weighted by atomic mass is 9.88. The first-order valence-corrected chi connectivity index (χ1v) is 9.23. The Morgan fingerprint density at radius 3 is 2.44 bits per heavy atom. The minimum atomic E-state index is -4.11. The summed E-state index contributed by atoms with van der Waals surface area (Å²) in [5, 5.41) is 4.96. The molecule has 0 aliphatic heterocycles. The molecule has 0 saturated carbocycles. The molecular weight excluding hydrogens is 364 g/mol. The minimum absolute atomic E-state index is 0.247. The van der Waals surface area contributed by atoms with Gasteiger partial charge in [0.1, 0.15) is 16.5 Å². The Hall–Kier alpha value is -2.22. The van der Waals surface area contributed by atoms with Gasteiger partial charge in [0.15, 0.2) is 0 Å². The van der Waals surface area contributed by atoms with Crippen LogP contribution in [-0.4, -0.2) is 13.3 Å². The topological polar surface area (TPSA) is 60.2 Å². The third kappa shape index (κ3) is 3.73. The highest BCUT2D eigenvalue weighted by Crippen LogP contribution is 2.30. The van der Waals surface area contributed by atoms with E-state index in [9.17, 15) is 17.2 Å². The highest BCUT2D eigenvalue weighted by Gasteiger charge is 2.19. The fourth-order valence-electron chi connectivity index (χ4n) is 2.65. The molecule has 0 bridgehead atoms. The fraction of sp³-hybridized carbons (Fsp3) is 0.0556. The number of benzene rings is 2. The second-order valence-electron chi connectivity index (χ2n) is 5.58. The van der Waals surface area contributed by atoms with Gasteiger partial charge in [-0.2, -0.15) is 0 Å². The maximum Gasteiger partial charge on any atom is 0.240 e. The Morgan fingerprint density at radius 1 is 1.08 bits per heavy atom. The molecule has 1 unspecified atom stereocenters. The van der Waals surface area contributed by atoms with Crippen LogP contribution < -0.4 is 5.14 Å². The Kier molecular flexibility index (Phi) is 4.64. The number of hydrogen-bond donors (Lipinski definition) is 1. The van der Waals surface area contributed by atoms with Crippen molar-refractivity contribution in [2.45, 2.75) is 10.8 Å². The summed E-state index contributed by atoms with van der Waals surface area (Å²) in [6.45, 7) is 0. The zero-order chi connectivity index (χ0) is 18.2. The Morgan fingerprint density at radius 2 is 1.84 bits per heavy atom. The summed E-state index contributed by atoms with van der Waals surface area (Å²) >= 11 is 5.39. The van der Waals surface area contributed by atoms with Gasteiger partial charge in [0, 0.05) is 10.8 Å². The molecule has 0 saturated heterocycles. The molecule has 2 N–H and O–H groups in total. The summed E-state index contributed by atoms with van der Waals surface area (Å²) < 4.78 is 49.9. The minimum Gasteiger partial charge on any atom is -0.225 e. The second-order valence-corrected chi connectivity index (χ2v) is 7.59. The Balaban J connectivity index is 1.92. The number of halogens is 2. The van der Waals surface area contributed by atoms with Crippen LogP contribution >= 0.6 is 12.2 Å². The molecule has 0 heterocycles. The molecule has 0 radical (unpaired) electrons. The van der Waals surface area contributed by atoms with Crippen LogP contribution in [0.2, 0.25) is 0 Å². The van der Waals surface area contributed by atoms with Gasteiger partial charge in [-0.3, -0.25) is 0 Å². The normalized spacial score (nSPS) is 17.5. The van der Waals surface area contributed by atoms with E-state index >= 15 is 0 Å². The van der Waals surface area contributed by atoms with Crippen LogP contribution in [0.15, 0.2) is 65.6 Å². The molecule has 1 aliphatic rings. The van der Waals surface area contributed by atoms with Crippen LogP contribution in [0, 0.1) is 11.6 Å². The van der Waals surface area contributed by atoms with E-state index in [4.69, 9.17) is 17.4 Å². The lowest BCUT2D eigenvalue weighted by Gasteiger charge is -2.18. The van der Waals surface area contributed by atoms with Crippen molar-refractivity contribution in [1.29, 1.82) is 0 Å². The van der Waals surface area contributed by atoms with Crippen LogP contribution in [0.5, 0.6) is 0 Å². The predicted molar refractivity (Wildman–Crippen MR) is 96.6 cm³/mol. The van der Waals surface area contributed by atoms with Gasteiger partial charge in [0.05, 0.1) is 0 Å². The molecule has 25 heavy (non-hydrogen) atoms. The number of rotatable bonds is 3. The van der Waals surface area contributed by atoms with Crippen LogP contribution in [0.4, 0.5) is 8.78 Å². The highest BCUT2D eigenvalue weighted by molar-refractivity contribution is 7.89. The lowest BCUT2D eigenvalue weighted by molar-refractivity contribution is 0.568. The lowest BCUT2D eigenvalue weighted by Crippen LogP contribution is -2.14. The molecule has 0 aromatic heterocycles. The van der Waals surface area contributed by atoms with E-state index in [-0.39, 0.29) is 11.7 Å². The molecular formula is C18H13F2NO2S2. The van der Waals surface area contributed by atoms with Gasteiger partial charge in [-0.05, 0) is 47.0 Å². The van der Waals surface area contributed by atoms with E-state index in [0.717, 1.165) is 17.7 Å². The average molecular weight is 377 g/mol. The zero-order valence-electron chi connectivity index (χ0n) is 12.8. The first-order valence-electron chi connectivity index (χ1n) is 7.27. The third-order valence-electron chi connectivity index (χ3n) is 3.85. The van der Waals surface area contributed by atoms with E-state index in [1.807, 2.05) is 0 Å². The molecule has 0 fully saturated rings. The standard InChI is InChI=1S/C18H13F2NO2S2/c19-14-3-1-2-13(8-14)15-6-4-12(10-17(15)24)11-5-7-18(16(20)9-11)25(21,22)23/h1-10,15H,(H2,21,22,23). The summed E-state index contributed by atoms with van der Waals surface area (Å²) in [6, 6.07) is 9.85. The van der Waals surface area contributed by atoms with E-state index in [0.29, 0.717) is 16.0 Å². The first-order chi connectivity index (χ1) is 11.8. The summed E-state index contributed by atoms with van der Waals surface area (Å²) in [5.74, 6) is -1.51. The maximum atomic E-state index is 14.0. The fourth-order valence-corrected chi connectivity index (χ4v) is 3.58. The van der Waals surface area contributed by atoms with Gasteiger partial charge in [-0.25, -0.2) is 22.3 Å². The number of sulfonamides is 1. The summed E-state index contributed by atoms with van der Waals surface area (Å²) in [4.78, 5) is -0.00381. The molecule has 128 valence electrons. The largest absolute Gasteiger partial charge is 0.240 e. The van der Waals surface area contributed by atoms with Crippen molar-refractivity contribution in [3.05, 3.63) is 83.5 Å². The van der Waals surface area contributed by atoms with Crippen LogP contribution in [-0.2, 0) is 10.0 Å². The molecule has 2 aromatic rings. The van der Waals surface area contributed by atoms with Gasteiger partial charge in [0.2, 0.25) is 10.0 Å². The summed E-state index contributed by atoms with van der Waals surface area (Å²) in [6.07, 6.45) is 5.24. The predicted octanol–water partition coefficient (Wildman–Crippen LogP) is 3.72. The van der Waals surface area contributed by atoms with Crippen molar-refractivity contribution in [2.24, 2.45) is 5.14 Å². The number of allylic oxidation sites excluding steroid dienone is 4. The monoisotopic (exact) mass is 377 g/mol. The molecule has 0 amide bonds. The Bertz CT molecular complexity index is 1030. The molecule has 1 atom stereocenters. The molecule has 1 aliphatic carbocycles. The van der Waals surface area contributed by atoms with E-state index in [2.05, 4.69) is 0 Å². The van der Waals surface area contributed by atoms with Gasteiger partial charge in [-0.1, -0.05) is 42.6 Å². The SMILES string of the molecule is NS(=O)(=O)c1ccc(C2=CC(=S)C(c3cccc(F)c3)C=C2)cc1F. The summed E-state index contributed by atoms with van der Waals surface area (Å²) in [5.41, 5.74) is 1.84. The molecule has 7 heteroatoms. The van der Waals surface area contributed by atoms with Crippen molar-refractivity contribution in [3.63, 3.8) is 0 Å². The van der Waals surface area contributed by atoms with E-state index in [1.54, 1.807) is 30.4 Å². The number of hydrogen-bond acceptors (Lipinski definition) is 3. The molecule has 3 nitrogen and oxygen atoms in total. The van der Waals surface area contributed by atoms with Crippen molar-refractivity contribution in [3.8, 4) is 0 Å². The number of nitrogens with two attached hydrogens (primary N) is 1. The average Bonchev–Trinajstić information content (AvgIpc) is 2.53. The van der Waals surface area contributed by atoms with Crippen LogP contribution in [0.25, 0.3) is 5.57 Å². The zero-order valence-corrected chi connectivity index (χ0v) is 14.5. The number of thiocarbonyl (C=S) groups is 1. The first kappa shape index (κ1) is 17.6. The van der Waals surface area contributed by atoms with Crippen LogP contribution in [0.1, 0.15) is 17.0 Å². The Labute approximate surface area is 149 Å². The maximum absolute atomic E-state index is 14.0. The van der Waals surface area contributed by atoms with E-state index in [1.165, 1.54) is 18.2 Å². The summed E-state index contributed by atoms with van der Waals surface area (Å²) in [7, 11) is -4.11. The molecule has 0 spiro atoms. The molecule has 3 rings (SSSR count). The van der Waals surface area contributed by atoms with Gasteiger partial charge in [0.25, 0.3) is 0 Å². The van der Waals surface area contributed by atoms with Crippen molar-refractivity contribution in [1.82, 2.24) is 0 Å². The van der Waals surface area contributed by atoms with Gasteiger partial charge in [-0.15, -0.1) is 0 Å². The third-order valence-corrected chi connectivity index (χ3v) is 5.17. The van der Waals surface area contributed by atoms with Crippen molar-refractivity contribution in [2.75, 3.05) is 0 Å². The number of primary sulfonamides is 1.